The highest BCUT2D eigenvalue weighted by atomic mass is 19.1. The van der Waals surface area contributed by atoms with E-state index < -0.39 is 23.0 Å². The number of carbonyl (C=O) groups is 1. The number of halogens is 2. The number of hydrogen-bond donors (Lipinski definition) is 2. The minimum absolute atomic E-state index is 0.0192. The Hall–Kier alpha value is -3.21. The van der Waals surface area contributed by atoms with Gasteiger partial charge < -0.3 is 25.0 Å². The van der Waals surface area contributed by atoms with Crippen molar-refractivity contribution in [2.75, 3.05) is 56.0 Å². The number of phenols is 1. The number of ether oxygens (including phenoxy) is 1. The molecule has 1 aromatic carbocycles. The number of nitrogens with one attached hydrogen (secondary N) is 1. The van der Waals surface area contributed by atoms with Crippen molar-refractivity contribution in [1.82, 2.24) is 20.0 Å². The number of likely N-dealkylation sites (tertiary alicyclic amines) is 1. The van der Waals surface area contributed by atoms with Crippen LogP contribution in [-0.4, -0.2) is 88.7 Å². The van der Waals surface area contributed by atoms with Crippen molar-refractivity contribution in [1.29, 1.82) is 0 Å². The molecular weight excluding hydrogens is 482 g/mol. The summed E-state index contributed by atoms with van der Waals surface area (Å²) in [6.45, 7) is 11.5. The van der Waals surface area contributed by atoms with E-state index in [0.717, 1.165) is 57.6 Å². The van der Waals surface area contributed by atoms with Gasteiger partial charge >= 0.3 is 6.09 Å². The van der Waals surface area contributed by atoms with Gasteiger partial charge in [-0.3, -0.25) is 4.90 Å². The Balaban J connectivity index is 1.09. The third-order valence-electron chi connectivity index (χ3n) is 7.95. The number of aromatic nitrogens is 2. The second-order valence-corrected chi connectivity index (χ2v) is 11.6. The first-order valence-corrected chi connectivity index (χ1v) is 12.8. The molecule has 4 aliphatic rings. The quantitative estimate of drug-likeness (QED) is 0.645. The van der Waals surface area contributed by atoms with Crippen LogP contribution >= 0.6 is 0 Å². The maximum atomic E-state index is 13.9. The van der Waals surface area contributed by atoms with Crippen molar-refractivity contribution in [3.8, 4) is 17.0 Å². The summed E-state index contributed by atoms with van der Waals surface area (Å²) in [5.41, 5.74) is 0.547. The van der Waals surface area contributed by atoms with E-state index in [2.05, 4.69) is 25.3 Å². The average Bonchev–Trinajstić information content (AvgIpc) is 3.26. The molecule has 1 aromatic heterocycles. The molecule has 2 saturated heterocycles. The maximum absolute atomic E-state index is 13.9. The third kappa shape index (κ3) is 4.54. The summed E-state index contributed by atoms with van der Waals surface area (Å²) in [5.74, 6) is -0.116. The number of piperidine rings is 1. The molecule has 3 aliphatic heterocycles. The molecule has 3 fully saturated rings. The first-order chi connectivity index (χ1) is 17.6. The van der Waals surface area contributed by atoms with Crippen LogP contribution in [0.25, 0.3) is 11.3 Å². The number of carbonyl (C=O) groups excluding carboxylic acids is 1. The molecule has 11 heteroatoms. The fourth-order valence-electron chi connectivity index (χ4n) is 6.11. The Kier molecular flexibility index (Phi) is 5.66. The van der Waals surface area contributed by atoms with E-state index in [-0.39, 0.29) is 23.4 Å². The summed E-state index contributed by atoms with van der Waals surface area (Å²) in [7, 11) is 0. The molecule has 1 amide bonds. The lowest BCUT2D eigenvalue weighted by Gasteiger charge is -2.46. The van der Waals surface area contributed by atoms with Crippen molar-refractivity contribution in [2.24, 2.45) is 17.8 Å². The number of amides is 1. The SMILES string of the molecule is CC(C)(C)OC(=O)N1C[C@@H]2[C@@H](CN3CCN4c5cc(-c6cc(F)cc(F)c6O)nnc5NC[C@H]4C3)[C@@H]2C1. The molecule has 1 saturated carbocycles. The van der Waals surface area contributed by atoms with Crippen molar-refractivity contribution >= 4 is 17.6 Å². The van der Waals surface area contributed by atoms with Crippen LogP contribution in [0.1, 0.15) is 20.8 Å². The summed E-state index contributed by atoms with van der Waals surface area (Å²) in [4.78, 5) is 19.0. The molecule has 0 spiro atoms. The number of benzene rings is 1. The number of piperazine rings is 1. The second kappa shape index (κ2) is 8.68. The van der Waals surface area contributed by atoms with Crippen LogP contribution in [-0.2, 0) is 4.74 Å². The highest BCUT2D eigenvalue weighted by molar-refractivity contribution is 5.76. The first kappa shape index (κ1) is 24.1. The molecule has 9 nitrogen and oxygen atoms in total. The topological polar surface area (TPSA) is 94.1 Å². The number of hydrogen-bond acceptors (Lipinski definition) is 8. The molecule has 6 rings (SSSR count). The van der Waals surface area contributed by atoms with Crippen molar-refractivity contribution < 1.29 is 23.4 Å². The lowest BCUT2D eigenvalue weighted by molar-refractivity contribution is 0.0261. The smallest absolute Gasteiger partial charge is 0.410 e. The zero-order chi connectivity index (χ0) is 26.1. The Bertz CT molecular complexity index is 1230. The molecule has 0 bridgehead atoms. The zero-order valence-corrected chi connectivity index (χ0v) is 21.2. The van der Waals surface area contributed by atoms with E-state index in [1.807, 2.05) is 25.7 Å². The Morgan fingerprint density at radius 1 is 1.14 bits per heavy atom. The monoisotopic (exact) mass is 514 g/mol. The third-order valence-corrected chi connectivity index (χ3v) is 7.95. The number of aromatic hydroxyl groups is 1. The van der Waals surface area contributed by atoms with Crippen LogP contribution in [0.2, 0.25) is 0 Å². The number of phenolic OH excluding ortho intramolecular Hbond substituents is 1. The van der Waals surface area contributed by atoms with E-state index in [1.165, 1.54) is 0 Å². The van der Waals surface area contributed by atoms with Gasteiger partial charge in [0.25, 0.3) is 0 Å². The van der Waals surface area contributed by atoms with Gasteiger partial charge in [0.1, 0.15) is 11.4 Å². The number of anilines is 2. The van der Waals surface area contributed by atoms with Crippen LogP contribution in [0.3, 0.4) is 0 Å². The van der Waals surface area contributed by atoms with Gasteiger partial charge in [-0.25, -0.2) is 13.6 Å². The van der Waals surface area contributed by atoms with Gasteiger partial charge in [0.05, 0.1) is 17.4 Å². The van der Waals surface area contributed by atoms with E-state index in [4.69, 9.17) is 4.74 Å². The van der Waals surface area contributed by atoms with E-state index in [9.17, 15) is 18.7 Å². The lowest BCUT2D eigenvalue weighted by atomic mass is 10.0. The Morgan fingerprint density at radius 3 is 2.62 bits per heavy atom. The molecule has 0 unspecified atom stereocenters. The van der Waals surface area contributed by atoms with Crippen molar-refractivity contribution in [3.05, 3.63) is 29.8 Å². The molecule has 0 radical (unpaired) electrons. The van der Waals surface area contributed by atoms with Gasteiger partial charge in [-0.1, -0.05) is 0 Å². The molecule has 1 aliphatic carbocycles. The average molecular weight is 515 g/mol. The summed E-state index contributed by atoms with van der Waals surface area (Å²) in [5, 5.41) is 21.8. The van der Waals surface area contributed by atoms with Gasteiger partial charge in [0.2, 0.25) is 0 Å². The normalized spacial score (nSPS) is 26.7. The number of rotatable bonds is 3. The van der Waals surface area contributed by atoms with Crippen LogP contribution in [0.15, 0.2) is 18.2 Å². The molecule has 2 aromatic rings. The largest absolute Gasteiger partial charge is 0.504 e. The summed E-state index contributed by atoms with van der Waals surface area (Å²) < 4.78 is 33.2. The van der Waals surface area contributed by atoms with Crippen molar-refractivity contribution in [3.63, 3.8) is 0 Å². The standard InChI is InChI=1S/C26H32F2N6O3/c1-26(2,3)37-25(36)33-12-18-17(19(18)13-33)11-32-4-5-34-15(10-32)9-29-24-22(34)8-21(30-31-24)16-6-14(27)7-20(28)23(16)35/h6-8,15,17-19,35H,4-5,9-13H2,1-3H3,(H,29,31)/t15-,17-,18-,19+/m0/s1. The Labute approximate surface area is 214 Å². The predicted molar refractivity (Wildman–Crippen MR) is 133 cm³/mol. The summed E-state index contributed by atoms with van der Waals surface area (Å²) >= 11 is 0. The van der Waals surface area contributed by atoms with Crippen LogP contribution in [0.4, 0.5) is 25.1 Å². The zero-order valence-electron chi connectivity index (χ0n) is 21.2. The fraction of sp³-hybridized carbons (Fsp3) is 0.577. The van der Waals surface area contributed by atoms with Crippen LogP contribution < -0.4 is 10.2 Å². The van der Waals surface area contributed by atoms with Gasteiger partial charge in [-0.15, -0.1) is 10.2 Å². The van der Waals surface area contributed by atoms with E-state index in [0.29, 0.717) is 29.6 Å². The highest BCUT2D eigenvalue weighted by Gasteiger charge is 2.57. The molecule has 4 heterocycles. The lowest BCUT2D eigenvalue weighted by Crippen LogP contribution is -2.58. The first-order valence-electron chi connectivity index (χ1n) is 12.8. The molecule has 37 heavy (non-hydrogen) atoms. The van der Waals surface area contributed by atoms with Gasteiger partial charge in [-0.2, -0.15) is 0 Å². The van der Waals surface area contributed by atoms with Gasteiger partial charge in [0, 0.05) is 57.4 Å². The minimum atomic E-state index is -1.03. The summed E-state index contributed by atoms with van der Waals surface area (Å²) in [6.07, 6.45) is -0.212. The van der Waals surface area contributed by atoms with Gasteiger partial charge in [-0.05, 0) is 50.7 Å². The Morgan fingerprint density at radius 2 is 1.89 bits per heavy atom. The van der Waals surface area contributed by atoms with E-state index in [1.54, 1.807) is 6.07 Å². The maximum Gasteiger partial charge on any atom is 0.410 e. The molecule has 198 valence electrons. The van der Waals surface area contributed by atoms with Crippen LogP contribution in [0.5, 0.6) is 5.75 Å². The number of fused-ring (bicyclic) bond motifs is 4. The second-order valence-electron chi connectivity index (χ2n) is 11.6. The molecule has 2 N–H and O–H groups in total. The summed E-state index contributed by atoms with van der Waals surface area (Å²) in [6, 6.07) is 3.66. The minimum Gasteiger partial charge on any atom is -0.504 e. The van der Waals surface area contributed by atoms with Crippen molar-refractivity contribution in [2.45, 2.75) is 32.4 Å². The fourth-order valence-corrected chi connectivity index (χ4v) is 6.11. The molecule has 4 atom stereocenters. The van der Waals surface area contributed by atoms with Gasteiger partial charge in [0.15, 0.2) is 17.4 Å². The van der Waals surface area contributed by atoms with E-state index >= 15 is 0 Å². The van der Waals surface area contributed by atoms with Crippen LogP contribution in [0, 0.1) is 29.4 Å². The number of nitrogens with zero attached hydrogens (tertiary/aromatic N) is 5. The predicted octanol–water partition coefficient (Wildman–Crippen LogP) is 3.16. The molecular formula is C26H32F2N6O3. The highest BCUT2D eigenvalue weighted by Crippen LogP contribution is 2.52.